The molecule has 2 rings (SSSR count). The minimum absolute atomic E-state index is 0.289. The largest absolute Gasteiger partial charge is 0.393 e. The van der Waals surface area contributed by atoms with Gasteiger partial charge in [0.15, 0.2) is 0 Å². The molecular formula is C15H24N2O. The molecule has 0 saturated carbocycles. The number of aliphatic hydroxyl groups excluding tert-OH is 1. The first-order valence-electron chi connectivity index (χ1n) is 6.78. The van der Waals surface area contributed by atoms with E-state index in [9.17, 15) is 5.11 Å². The van der Waals surface area contributed by atoms with Crippen LogP contribution in [-0.2, 0) is 6.42 Å². The highest BCUT2D eigenvalue weighted by Gasteiger charge is 2.30. The van der Waals surface area contributed by atoms with Gasteiger partial charge in [-0.25, -0.2) is 0 Å². The van der Waals surface area contributed by atoms with Crippen LogP contribution in [0.3, 0.4) is 0 Å². The van der Waals surface area contributed by atoms with Crippen molar-refractivity contribution in [2.75, 3.05) is 20.1 Å². The number of rotatable bonds is 4. The summed E-state index contributed by atoms with van der Waals surface area (Å²) in [5.74, 6) is 0.597. The van der Waals surface area contributed by atoms with Crippen LogP contribution in [0.5, 0.6) is 0 Å². The van der Waals surface area contributed by atoms with Gasteiger partial charge >= 0.3 is 0 Å². The van der Waals surface area contributed by atoms with E-state index in [0.29, 0.717) is 12.0 Å². The van der Waals surface area contributed by atoms with Crippen LogP contribution in [0, 0.1) is 5.92 Å². The van der Waals surface area contributed by atoms with E-state index in [2.05, 4.69) is 36.2 Å². The number of hydrogen-bond donors (Lipinski definition) is 2. The maximum atomic E-state index is 9.60. The van der Waals surface area contributed by atoms with Crippen molar-refractivity contribution in [2.24, 2.45) is 11.7 Å². The first-order chi connectivity index (χ1) is 8.61. The molecule has 3 atom stereocenters. The second kappa shape index (κ2) is 5.83. The monoisotopic (exact) mass is 248 g/mol. The topological polar surface area (TPSA) is 49.5 Å². The third-order valence-electron chi connectivity index (χ3n) is 3.90. The lowest BCUT2D eigenvalue weighted by atomic mass is 9.93. The molecule has 1 aliphatic rings. The number of aliphatic hydroxyl groups is 1. The molecule has 3 nitrogen and oxygen atoms in total. The Balaban J connectivity index is 2.22. The summed E-state index contributed by atoms with van der Waals surface area (Å²) in [5.41, 5.74) is 8.41. The lowest BCUT2D eigenvalue weighted by molar-refractivity contribution is 0.194. The summed E-state index contributed by atoms with van der Waals surface area (Å²) in [7, 11) is 2.17. The molecular weight excluding hydrogens is 224 g/mol. The van der Waals surface area contributed by atoms with Crippen LogP contribution in [0.2, 0.25) is 0 Å². The van der Waals surface area contributed by atoms with Crippen molar-refractivity contribution in [1.29, 1.82) is 0 Å². The summed E-state index contributed by atoms with van der Waals surface area (Å²) < 4.78 is 0. The van der Waals surface area contributed by atoms with Gasteiger partial charge in [0.05, 0.1) is 6.10 Å². The highest BCUT2D eigenvalue weighted by atomic mass is 16.3. The quantitative estimate of drug-likeness (QED) is 0.850. The molecule has 3 unspecified atom stereocenters. The summed E-state index contributed by atoms with van der Waals surface area (Å²) in [6.45, 7) is 3.68. The van der Waals surface area contributed by atoms with E-state index in [1.165, 1.54) is 11.1 Å². The van der Waals surface area contributed by atoms with Crippen LogP contribution in [0.1, 0.15) is 30.5 Å². The summed E-state index contributed by atoms with van der Waals surface area (Å²) in [6, 6.07) is 8.92. The van der Waals surface area contributed by atoms with Gasteiger partial charge in [0.25, 0.3) is 0 Å². The molecule has 3 heteroatoms. The van der Waals surface area contributed by atoms with Crippen LogP contribution in [0.25, 0.3) is 0 Å². The number of nitrogens with zero attached hydrogens (tertiary/aromatic N) is 1. The molecule has 18 heavy (non-hydrogen) atoms. The van der Waals surface area contributed by atoms with Crippen LogP contribution < -0.4 is 5.73 Å². The van der Waals surface area contributed by atoms with Gasteiger partial charge in [-0.05, 0) is 50.4 Å². The van der Waals surface area contributed by atoms with Crippen molar-refractivity contribution < 1.29 is 5.11 Å². The molecule has 0 amide bonds. The average Bonchev–Trinajstić information content (AvgIpc) is 2.70. The Morgan fingerprint density at radius 2 is 2.17 bits per heavy atom. The van der Waals surface area contributed by atoms with E-state index in [1.54, 1.807) is 0 Å². The van der Waals surface area contributed by atoms with Gasteiger partial charge in [-0.15, -0.1) is 0 Å². The van der Waals surface area contributed by atoms with E-state index >= 15 is 0 Å². The fourth-order valence-electron chi connectivity index (χ4n) is 3.00. The van der Waals surface area contributed by atoms with Crippen molar-refractivity contribution in [2.45, 2.75) is 31.9 Å². The molecule has 0 bridgehead atoms. The van der Waals surface area contributed by atoms with Gasteiger partial charge in [0.2, 0.25) is 0 Å². The third kappa shape index (κ3) is 2.91. The van der Waals surface area contributed by atoms with Crippen LogP contribution in [0.15, 0.2) is 24.3 Å². The van der Waals surface area contributed by atoms with E-state index in [4.69, 9.17) is 5.73 Å². The minimum atomic E-state index is -0.289. The molecule has 1 aromatic carbocycles. The molecule has 1 aromatic rings. The van der Waals surface area contributed by atoms with E-state index in [1.807, 2.05) is 6.92 Å². The Labute approximate surface area is 110 Å². The molecule has 0 aromatic heterocycles. The fraction of sp³-hybridized carbons (Fsp3) is 0.600. The molecule has 1 saturated heterocycles. The Morgan fingerprint density at radius 1 is 1.44 bits per heavy atom. The van der Waals surface area contributed by atoms with Gasteiger partial charge in [0.1, 0.15) is 0 Å². The van der Waals surface area contributed by atoms with Crippen molar-refractivity contribution in [1.82, 2.24) is 4.90 Å². The standard InChI is InChI=1S/C15H24N2O/c1-11(18)7-13-5-3-4-6-14(13)15-8-12(9-16)10-17(15)2/h3-6,11-12,15,18H,7-10,16H2,1-2H3. The van der Waals surface area contributed by atoms with Crippen molar-refractivity contribution in [3.05, 3.63) is 35.4 Å². The Kier molecular flexibility index (Phi) is 4.38. The maximum absolute atomic E-state index is 9.60. The van der Waals surface area contributed by atoms with Crippen LogP contribution >= 0.6 is 0 Å². The fourth-order valence-corrected chi connectivity index (χ4v) is 3.00. The number of benzene rings is 1. The molecule has 0 spiro atoms. The molecule has 0 aliphatic carbocycles. The molecule has 3 N–H and O–H groups in total. The van der Waals surface area contributed by atoms with Crippen molar-refractivity contribution in [3.8, 4) is 0 Å². The highest BCUT2D eigenvalue weighted by molar-refractivity contribution is 5.31. The average molecular weight is 248 g/mol. The SMILES string of the molecule is CC(O)Cc1ccccc1C1CC(CN)CN1C. The van der Waals surface area contributed by atoms with Gasteiger partial charge in [-0.3, -0.25) is 4.90 Å². The van der Waals surface area contributed by atoms with Gasteiger partial charge in [0, 0.05) is 12.6 Å². The Bertz CT molecular complexity index is 392. The first-order valence-corrected chi connectivity index (χ1v) is 6.78. The zero-order chi connectivity index (χ0) is 13.1. The first kappa shape index (κ1) is 13.5. The highest BCUT2D eigenvalue weighted by Crippen LogP contribution is 2.35. The summed E-state index contributed by atoms with van der Waals surface area (Å²) >= 11 is 0. The molecule has 100 valence electrons. The second-order valence-electron chi connectivity index (χ2n) is 5.54. The van der Waals surface area contributed by atoms with Crippen molar-refractivity contribution in [3.63, 3.8) is 0 Å². The molecule has 0 radical (unpaired) electrons. The second-order valence-corrected chi connectivity index (χ2v) is 5.54. The third-order valence-corrected chi connectivity index (χ3v) is 3.90. The predicted octanol–water partition coefficient (Wildman–Crippen LogP) is 1.56. The Hall–Kier alpha value is -0.900. The van der Waals surface area contributed by atoms with E-state index in [0.717, 1.165) is 25.9 Å². The minimum Gasteiger partial charge on any atom is -0.393 e. The number of nitrogens with two attached hydrogens (primary N) is 1. The van der Waals surface area contributed by atoms with Crippen LogP contribution in [0.4, 0.5) is 0 Å². The van der Waals surface area contributed by atoms with E-state index in [-0.39, 0.29) is 6.10 Å². The summed E-state index contributed by atoms with van der Waals surface area (Å²) in [4.78, 5) is 2.39. The maximum Gasteiger partial charge on any atom is 0.0552 e. The summed E-state index contributed by atoms with van der Waals surface area (Å²) in [5, 5.41) is 9.60. The van der Waals surface area contributed by atoms with Gasteiger partial charge in [-0.1, -0.05) is 24.3 Å². The zero-order valence-corrected chi connectivity index (χ0v) is 11.3. The molecule has 1 heterocycles. The van der Waals surface area contributed by atoms with E-state index < -0.39 is 0 Å². The van der Waals surface area contributed by atoms with Crippen LogP contribution in [-0.4, -0.2) is 36.2 Å². The normalized spacial score (nSPS) is 26.4. The Morgan fingerprint density at radius 3 is 2.78 bits per heavy atom. The lowest BCUT2D eigenvalue weighted by Gasteiger charge is -2.23. The zero-order valence-electron chi connectivity index (χ0n) is 11.3. The lowest BCUT2D eigenvalue weighted by Crippen LogP contribution is -2.21. The van der Waals surface area contributed by atoms with Gasteiger partial charge < -0.3 is 10.8 Å². The molecule has 1 aliphatic heterocycles. The predicted molar refractivity (Wildman–Crippen MR) is 74.4 cm³/mol. The number of likely N-dealkylation sites (tertiary alicyclic amines) is 1. The summed E-state index contributed by atoms with van der Waals surface area (Å²) in [6.07, 6.45) is 1.57. The molecule has 1 fully saturated rings. The smallest absolute Gasteiger partial charge is 0.0552 e. The van der Waals surface area contributed by atoms with Gasteiger partial charge in [-0.2, -0.15) is 0 Å². The van der Waals surface area contributed by atoms with Crippen molar-refractivity contribution >= 4 is 0 Å². The number of hydrogen-bond acceptors (Lipinski definition) is 3.